The zero-order valence-electron chi connectivity index (χ0n) is 12.8. The summed E-state index contributed by atoms with van der Waals surface area (Å²) in [6.45, 7) is 9.28. The second-order valence-electron chi connectivity index (χ2n) is 5.43. The maximum atomic E-state index is 12.1. The van der Waals surface area contributed by atoms with E-state index in [9.17, 15) is 4.79 Å². The van der Waals surface area contributed by atoms with Crippen molar-refractivity contribution in [1.82, 2.24) is 5.32 Å². The standard InChI is InChI=1S/C16H26N2OS/c1-5-18-16(15(17)19,11-20-13(4)12(2)3)14-9-7-6-8-10-14/h6-10,12-13,18H,5,11H2,1-4H3,(H2,17,19). The van der Waals surface area contributed by atoms with Crippen LogP contribution >= 0.6 is 11.8 Å². The van der Waals surface area contributed by atoms with Crippen LogP contribution < -0.4 is 11.1 Å². The third-order valence-corrected chi connectivity index (χ3v) is 5.34. The SMILES string of the molecule is CCNC(CSC(C)C(C)C)(C(N)=O)c1ccccc1. The molecule has 0 radical (unpaired) electrons. The van der Waals surface area contributed by atoms with Crippen molar-refractivity contribution in [3.05, 3.63) is 35.9 Å². The van der Waals surface area contributed by atoms with Crippen LogP contribution in [0.15, 0.2) is 30.3 Å². The molecule has 0 aliphatic carbocycles. The van der Waals surface area contributed by atoms with Crippen molar-refractivity contribution in [2.75, 3.05) is 12.3 Å². The fourth-order valence-corrected chi connectivity index (χ4v) is 3.32. The fourth-order valence-electron chi connectivity index (χ4n) is 2.01. The summed E-state index contributed by atoms with van der Waals surface area (Å²) in [6.07, 6.45) is 0. The molecule has 0 bridgehead atoms. The number of hydrogen-bond acceptors (Lipinski definition) is 3. The Bertz CT molecular complexity index is 422. The van der Waals surface area contributed by atoms with E-state index >= 15 is 0 Å². The van der Waals surface area contributed by atoms with E-state index in [0.717, 1.165) is 5.56 Å². The van der Waals surface area contributed by atoms with Crippen molar-refractivity contribution in [1.29, 1.82) is 0 Å². The van der Waals surface area contributed by atoms with Crippen LogP contribution in [0.25, 0.3) is 0 Å². The average molecular weight is 294 g/mol. The van der Waals surface area contributed by atoms with E-state index in [2.05, 4.69) is 26.1 Å². The molecule has 0 heterocycles. The van der Waals surface area contributed by atoms with Gasteiger partial charge in [-0.1, -0.05) is 58.0 Å². The highest BCUT2D eigenvalue weighted by molar-refractivity contribution is 8.00. The number of primary amides is 1. The second kappa shape index (κ2) is 7.70. The number of likely N-dealkylation sites (N-methyl/N-ethyl adjacent to an activating group) is 1. The van der Waals surface area contributed by atoms with Gasteiger partial charge >= 0.3 is 0 Å². The molecule has 0 aliphatic heterocycles. The molecule has 1 aromatic carbocycles. The number of hydrogen-bond donors (Lipinski definition) is 2. The minimum absolute atomic E-state index is 0.311. The normalized spacial score (nSPS) is 15.8. The van der Waals surface area contributed by atoms with Gasteiger partial charge in [0.15, 0.2) is 0 Å². The van der Waals surface area contributed by atoms with Gasteiger partial charge in [-0.3, -0.25) is 10.1 Å². The Hall–Kier alpha value is -1.00. The van der Waals surface area contributed by atoms with Crippen molar-refractivity contribution in [2.24, 2.45) is 11.7 Å². The number of carbonyl (C=O) groups is 1. The number of amides is 1. The molecule has 1 rings (SSSR count). The van der Waals surface area contributed by atoms with Crippen molar-refractivity contribution >= 4 is 17.7 Å². The first-order valence-electron chi connectivity index (χ1n) is 7.16. The Morgan fingerprint density at radius 1 is 1.30 bits per heavy atom. The number of nitrogens with two attached hydrogens (primary N) is 1. The quantitative estimate of drug-likeness (QED) is 0.775. The fraction of sp³-hybridized carbons (Fsp3) is 0.562. The van der Waals surface area contributed by atoms with E-state index in [1.807, 2.05) is 37.3 Å². The summed E-state index contributed by atoms with van der Waals surface area (Å²) in [5.74, 6) is 0.913. The summed E-state index contributed by atoms with van der Waals surface area (Å²) in [4.78, 5) is 12.1. The summed E-state index contributed by atoms with van der Waals surface area (Å²) in [5, 5.41) is 3.79. The van der Waals surface area contributed by atoms with Gasteiger partial charge < -0.3 is 5.73 Å². The van der Waals surface area contributed by atoms with E-state index in [-0.39, 0.29) is 5.91 Å². The molecule has 0 saturated carbocycles. The van der Waals surface area contributed by atoms with E-state index in [1.54, 1.807) is 11.8 Å². The van der Waals surface area contributed by atoms with Crippen LogP contribution in [0, 0.1) is 5.92 Å². The lowest BCUT2D eigenvalue weighted by Crippen LogP contribution is -2.54. The molecule has 0 saturated heterocycles. The first-order valence-corrected chi connectivity index (χ1v) is 8.21. The molecule has 0 aromatic heterocycles. The van der Waals surface area contributed by atoms with Gasteiger partial charge in [-0.15, -0.1) is 0 Å². The molecule has 0 fully saturated rings. The molecule has 1 aromatic rings. The van der Waals surface area contributed by atoms with Crippen LogP contribution in [0.3, 0.4) is 0 Å². The van der Waals surface area contributed by atoms with Gasteiger partial charge in [0.25, 0.3) is 0 Å². The first kappa shape index (κ1) is 17.1. The van der Waals surface area contributed by atoms with Gasteiger partial charge in [-0.2, -0.15) is 11.8 Å². The lowest BCUT2D eigenvalue weighted by molar-refractivity contribution is -0.123. The van der Waals surface area contributed by atoms with Crippen LogP contribution in [0.2, 0.25) is 0 Å². The Balaban J connectivity index is 3.03. The summed E-state index contributed by atoms with van der Waals surface area (Å²) in [6, 6.07) is 9.77. The Labute approximate surface area is 126 Å². The van der Waals surface area contributed by atoms with Crippen molar-refractivity contribution in [3.63, 3.8) is 0 Å². The average Bonchev–Trinajstić information content (AvgIpc) is 2.43. The third kappa shape index (κ3) is 4.00. The molecule has 112 valence electrons. The van der Waals surface area contributed by atoms with Gasteiger partial charge in [0.2, 0.25) is 5.91 Å². The Kier molecular flexibility index (Phi) is 6.56. The van der Waals surface area contributed by atoms with Crippen LogP contribution in [0.4, 0.5) is 0 Å². The molecule has 20 heavy (non-hydrogen) atoms. The molecule has 1 amide bonds. The zero-order valence-corrected chi connectivity index (χ0v) is 13.7. The van der Waals surface area contributed by atoms with E-state index in [4.69, 9.17) is 5.73 Å². The minimum Gasteiger partial charge on any atom is -0.368 e. The first-order chi connectivity index (χ1) is 9.44. The molecular weight excluding hydrogens is 268 g/mol. The highest BCUT2D eigenvalue weighted by Gasteiger charge is 2.38. The number of rotatable bonds is 8. The molecular formula is C16H26N2OS. The van der Waals surface area contributed by atoms with Gasteiger partial charge in [0.1, 0.15) is 5.54 Å². The van der Waals surface area contributed by atoms with Gasteiger partial charge in [0.05, 0.1) is 0 Å². The van der Waals surface area contributed by atoms with Crippen LogP contribution in [-0.2, 0) is 10.3 Å². The lowest BCUT2D eigenvalue weighted by Gasteiger charge is -2.33. The number of benzene rings is 1. The van der Waals surface area contributed by atoms with Crippen molar-refractivity contribution in [2.45, 2.75) is 38.5 Å². The smallest absolute Gasteiger partial charge is 0.243 e. The monoisotopic (exact) mass is 294 g/mol. The maximum absolute atomic E-state index is 12.1. The van der Waals surface area contributed by atoms with Gasteiger partial charge in [-0.05, 0) is 18.0 Å². The maximum Gasteiger partial charge on any atom is 0.243 e. The molecule has 0 spiro atoms. The molecule has 4 heteroatoms. The van der Waals surface area contributed by atoms with E-state index in [1.165, 1.54) is 0 Å². The summed E-state index contributed by atoms with van der Waals surface area (Å²) in [5.41, 5.74) is 5.89. The van der Waals surface area contributed by atoms with Gasteiger partial charge in [0, 0.05) is 11.0 Å². The Morgan fingerprint density at radius 2 is 1.90 bits per heavy atom. The van der Waals surface area contributed by atoms with E-state index in [0.29, 0.717) is 23.5 Å². The third-order valence-electron chi connectivity index (χ3n) is 3.67. The van der Waals surface area contributed by atoms with Gasteiger partial charge in [-0.25, -0.2) is 0 Å². The highest BCUT2D eigenvalue weighted by Crippen LogP contribution is 2.30. The number of thioether (sulfide) groups is 1. The molecule has 0 aliphatic rings. The molecule has 2 unspecified atom stereocenters. The molecule has 3 nitrogen and oxygen atoms in total. The van der Waals surface area contributed by atoms with Crippen LogP contribution in [0.5, 0.6) is 0 Å². The van der Waals surface area contributed by atoms with Crippen LogP contribution in [0.1, 0.15) is 33.3 Å². The minimum atomic E-state index is -0.788. The van der Waals surface area contributed by atoms with E-state index < -0.39 is 5.54 Å². The topological polar surface area (TPSA) is 55.1 Å². The summed E-state index contributed by atoms with van der Waals surface area (Å²) in [7, 11) is 0. The number of carbonyl (C=O) groups excluding carboxylic acids is 1. The highest BCUT2D eigenvalue weighted by atomic mass is 32.2. The molecule has 3 N–H and O–H groups in total. The lowest BCUT2D eigenvalue weighted by atomic mass is 9.91. The second-order valence-corrected chi connectivity index (χ2v) is 6.79. The van der Waals surface area contributed by atoms with Crippen LogP contribution in [-0.4, -0.2) is 23.5 Å². The molecule has 2 atom stereocenters. The zero-order chi connectivity index (χ0) is 15.2. The summed E-state index contributed by atoms with van der Waals surface area (Å²) < 4.78 is 0. The van der Waals surface area contributed by atoms with Crippen molar-refractivity contribution < 1.29 is 4.79 Å². The predicted molar refractivity (Wildman–Crippen MR) is 87.7 cm³/mol. The summed E-state index contributed by atoms with van der Waals surface area (Å²) >= 11 is 1.79. The largest absolute Gasteiger partial charge is 0.368 e. The van der Waals surface area contributed by atoms with Crippen molar-refractivity contribution in [3.8, 4) is 0 Å². The Morgan fingerprint density at radius 3 is 2.35 bits per heavy atom. The number of nitrogens with one attached hydrogen (secondary N) is 1. The predicted octanol–water partition coefficient (Wildman–Crippen LogP) is 2.75.